The van der Waals surface area contributed by atoms with Crippen molar-refractivity contribution in [2.24, 2.45) is 0 Å². The van der Waals surface area contributed by atoms with Gasteiger partial charge in [-0.15, -0.1) is 0 Å². The Bertz CT molecular complexity index is 889. The molecule has 2 rings (SSSR count). The molecular weight excluding hydrogens is 382 g/mol. The van der Waals surface area contributed by atoms with Gasteiger partial charge in [0.2, 0.25) is 0 Å². The first-order valence-corrected chi connectivity index (χ1v) is 10.1. The van der Waals surface area contributed by atoms with Gasteiger partial charge in [-0.25, -0.2) is 0 Å². The number of nitrogens with one attached hydrogen (secondary N) is 1. The summed E-state index contributed by atoms with van der Waals surface area (Å²) in [7, 11) is 0. The van der Waals surface area contributed by atoms with Gasteiger partial charge in [-0.1, -0.05) is 24.6 Å². The second-order valence-electron chi connectivity index (χ2n) is 7.24. The Morgan fingerprint density at radius 3 is 2.33 bits per heavy atom. The molecule has 2 aromatic carbocycles. The molecule has 0 fully saturated rings. The van der Waals surface area contributed by atoms with Gasteiger partial charge in [0.25, 0.3) is 5.91 Å². The van der Waals surface area contributed by atoms with Gasteiger partial charge in [0.05, 0.1) is 13.0 Å². The normalized spacial score (nSPS) is 11.5. The minimum atomic E-state index is -0.955. The summed E-state index contributed by atoms with van der Waals surface area (Å²) in [6, 6.07) is 12.5. The summed E-state index contributed by atoms with van der Waals surface area (Å²) in [6.45, 7) is 8.01. The van der Waals surface area contributed by atoms with Crippen LogP contribution in [-0.4, -0.2) is 30.4 Å². The zero-order valence-electron chi connectivity index (χ0n) is 18.0. The smallest absolute Gasteiger partial charge is 0.307 e. The highest BCUT2D eigenvalue weighted by molar-refractivity contribution is 5.98. The predicted octanol–water partition coefficient (Wildman–Crippen LogP) is 4.63. The third-order valence-corrected chi connectivity index (χ3v) is 4.52. The maximum atomic E-state index is 12.3. The molecule has 1 atom stereocenters. The fraction of sp³-hybridized carbons (Fsp3) is 0.375. The number of ether oxygens (including phenoxy) is 2. The quantitative estimate of drug-likeness (QED) is 0.455. The summed E-state index contributed by atoms with van der Waals surface area (Å²) in [6.07, 6.45) is -0.125. The predicted molar refractivity (Wildman–Crippen MR) is 116 cm³/mol. The summed E-state index contributed by atoms with van der Waals surface area (Å²) >= 11 is 0. The molecule has 0 saturated heterocycles. The average molecular weight is 411 g/mol. The molecule has 0 spiro atoms. The van der Waals surface area contributed by atoms with E-state index in [1.165, 1.54) is 6.92 Å². The molecule has 1 N–H and O–H groups in total. The maximum absolute atomic E-state index is 12.3. The third kappa shape index (κ3) is 7.03. The molecular formula is C24H29NO5. The SMILES string of the molecule is CCCOc1ccc(C(=O)CCC(=O)O[C@@H](C)C(=O)Nc2ccc(C)cc2C)cc1. The molecule has 30 heavy (non-hydrogen) atoms. The number of Topliss-reactive ketones (excluding diaryl/α,β-unsaturated/α-hetero) is 1. The van der Waals surface area contributed by atoms with Crippen molar-refractivity contribution in [3.63, 3.8) is 0 Å². The number of benzene rings is 2. The van der Waals surface area contributed by atoms with Crippen LogP contribution in [0, 0.1) is 13.8 Å². The summed E-state index contributed by atoms with van der Waals surface area (Å²) in [4.78, 5) is 36.6. The summed E-state index contributed by atoms with van der Waals surface area (Å²) in [5, 5.41) is 2.76. The molecule has 1 amide bonds. The van der Waals surface area contributed by atoms with Crippen LogP contribution >= 0.6 is 0 Å². The monoisotopic (exact) mass is 411 g/mol. The Morgan fingerprint density at radius 1 is 1.00 bits per heavy atom. The lowest BCUT2D eigenvalue weighted by molar-refractivity contribution is -0.153. The largest absolute Gasteiger partial charge is 0.494 e. The zero-order chi connectivity index (χ0) is 22.1. The highest BCUT2D eigenvalue weighted by Crippen LogP contribution is 2.17. The number of aryl methyl sites for hydroxylation is 2. The lowest BCUT2D eigenvalue weighted by Gasteiger charge is -2.15. The molecule has 0 aliphatic carbocycles. The van der Waals surface area contributed by atoms with Crippen molar-refractivity contribution in [1.82, 2.24) is 0 Å². The Morgan fingerprint density at radius 2 is 1.70 bits per heavy atom. The van der Waals surface area contributed by atoms with Crippen LogP contribution in [0.5, 0.6) is 5.75 Å². The highest BCUT2D eigenvalue weighted by Gasteiger charge is 2.19. The molecule has 0 radical (unpaired) electrons. The number of anilines is 1. The van der Waals surface area contributed by atoms with Crippen molar-refractivity contribution in [1.29, 1.82) is 0 Å². The molecule has 2 aromatic rings. The van der Waals surface area contributed by atoms with E-state index in [0.717, 1.165) is 17.5 Å². The van der Waals surface area contributed by atoms with Gasteiger partial charge in [0.1, 0.15) is 5.75 Å². The first kappa shape index (κ1) is 23.1. The molecule has 0 unspecified atom stereocenters. The fourth-order valence-electron chi connectivity index (χ4n) is 2.81. The minimum Gasteiger partial charge on any atom is -0.494 e. The van der Waals surface area contributed by atoms with E-state index in [9.17, 15) is 14.4 Å². The van der Waals surface area contributed by atoms with E-state index in [1.54, 1.807) is 24.3 Å². The number of carbonyl (C=O) groups excluding carboxylic acids is 3. The van der Waals surface area contributed by atoms with Gasteiger partial charge >= 0.3 is 5.97 Å². The molecule has 6 heteroatoms. The van der Waals surface area contributed by atoms with E-state index in [4.69, 9.17) is 9.47 Å². The first-order valence-electron chi connectivity index (χ1n) is 10.1. The van der Waals surface area contributed by atoms with Gasteiger partial charge in [-0.05, 0) is 63.1 Å². The van der Waals surface area contributed by atoms with E-state index >= 15 is 0 Å². The Labute approximate surface area is 177 Å². The van der Waals surface area contributed by atoms with Gasteiger partial charge < -0.3 is 14.8 Å². The van der Waals surface area contributed by atoms with Gasteiger partial charge in [-0.3, -0.25) is 14.4 Å². The Kier molecular flexibility index (Phi) is 8.59. The van der Waals surface area contributed by atoms with Crippen molar-refractivity contribution < 1.29 is 23.9 Å². The van der Waals surface area contributed by atoms with Crippen LogP contribution in [0.3, 0.4) is 0 Å². The molecule has 0 bridgehead atoms. The number of rotatable bonds is 10. The molecule has 0 heterocycles. The highest BCUT2D eigenvalue weighted by atomic mass is 16.5. The maximum Gasteiger partial charge on any atom is 0.307 e. The van der Waals surface area contributed by atoms with Crippen LogP contribution in [0.2, 0.25) is 0 Å². The van der Waals surface area contributed by atoms with Crippen LogP contribution in [-0.2, 0) is 14.3 Å². The lowest BCUT2D eigenvalue weighted by Crippen LogP contribution is -2.30. The second-order valence-corrected chi connectivity index (χ2v) is 7.24. The topological polar surface area (TPSA) is 81.7 Å². The second kappa shape index (κ2) is 11.1. The molecule has 0 aliphatic rings. The molecule has 160 valence electrons. The number of ketones is 1. The van der Waals surface area contributed by atoms with Crippen molar-refractivity contribution >= 4 is 23.3 Å². The number of hydrogen-bond acceptors (Lipinski definition) is 5. The number of amides is 1. The molecule has 0 aliphatic heterocycles. The molecule has 6 nitrogen and oxygen atoms in total. The number of esters is 1. The minimum absolute atomic E-state index is 0.0133. The summed E-state index contributed by atoms with van der Waals surface area (Å²) < 4.78 is 10.7. The molecule has 0 aromatic heterocycles. The van der Waals surface area contributed by atoms with Crippen LogP contribution in [0.25, 0.3) is 0 Å². The lowest BCUT2D eigenvalue weighted by atomic mass is 10.1. The summed E-state index contributed by atoms with van der Waals surface area (Å²) in [5.41, 5.74) is 3.21. The summed E-state index contributed by atoms with van der Waals surface area (Å²) in [5.74, 6) is -0.461. The average Bonchev–Trinajstić information content (AvgIpc) is 2.72. The standard InChI is InChI=1S/C24H29NO5/c1-5-14-29-20-9-7-19(8-10-20)22(26)12-13-23(27)30-18(4)24(28)25-21-11-6-16(2)15-17(21)3/h6-11,15,18H,5,12-14H2,1-4H3,(H,25,28)/t18-/m0/s1. The van der Waals surface area contributed by atoms with E-state index < -0.39 is 18.0 Å². The van der Waals surface area contributed by atoms with Crippen LogP contribution in [0.4, 0.5) is 5.69 Å². The molecule has 0 saturated carbocycles. The Hall–Kier alpha value is -3.15. The van der Waals surface area contributed by atoms with Crippen LogP contribution in [0.15, 0.2) is 42.5 Å². The van der Waals surface area contributed by atoms with Crippen LogP contribution in [0.1, 0.15) is 54.6 Å². The first-order chi connectivity index (χ1) is 14.3. The van der Waals surface area contributed by atoms with Gasteiger partial charge in [0.15, 0.2) is 11.9 Å². The fourth-order valence-corrected chi connectivity index (χ4v) is 2.81. The van der Waals surface area contributed by atoms with Gasteiger partial charge in [-0.2, -0.15) is 0 Å². The van der Waals surface area contributed by atoms with E-state index in [0.29, 0.717) is 23.6 Å². The Balaban J connectivity index is 1.80. The zero-order valence-corrected chi connectivity index (χ0v) is 18.0. The van der Waals surface area contributed by atoms with Gasteiger partial charge in [0, 0.05) is 17.7 Å². The van der Waals surface area contributed by atoms with Crippen molar-refractivity contribution in [2.45, 2.75) is 53.1 Å². The third-order valence-electron chi connectivity index (χ3n) is 4.52. The van der Waals surface area contributed by atoms with E-state index in [1.807, 2.05) is 39.0 Å². The number of hydrogen-bond donors (Lipinski definition) is 1. The van der Waals surface area contributed by atoms with Crippen molar-refractivity contribution in [3.8, 4) is 5.75 Å². The van der Waals surface area contributed by atoms with E-state index in [2.05, 4.69) is 5.32 Å². The van der Waals surface area contributed by atoms with Crippen molar-refractivity contribution in [3.05, 3.63) is 59.2 Å². The number of carbonyl (C=O) groups is 3. The van der Waals surface area contributed by atoms with Crippen LogP contribution < -0.4 is 10.1 Å². The van der Waals surface area contributed by atoms with Crippen molar-refractivity contribution in [2.75, 3.05) is 11.9 Å². The van der Waals surface area contributed by atoms with E-state index in [-0.39, 0.29) is 18.6 Å².